The number of amidine groups is 1. The van der Waals surface area contributed by atoms with Crippen LogP contribution in [-0.2, 0) is 0 Å². The number of benzene rings is 6. The van der Waals surface area contributed by atoms with Crippen molar-refractivity contribution in [3.63, 3.8) is 0 Å². The van der Waals surface area contributed by atoms with E-state index >= 15 is 0 Å². The van der Waals surface area contributed by atoms with Gasteiger partial charge in [0.2, 0.25) is 0 Å². The lowest BCUT2D eigenvalue weighted by Crippen LogP contribution is -2.45. The Morgan fingerprint density at radius 2 is 1.36 bits per heavy atom. The molecule has 4 aliphatic rings. The maximum absolute atomic E-state index is 5.65. The van der Waals surface area contributed by atoms with Gasteiger partial charge in [0.05, 0.1) is 29.1 Å². The van der Waals surface area contributed by atoms with Gasteiger partial charge in [-0.15, -0.1) is 22.7 Å². The standard InChI is InChI=1S/C54H41N3S2/c1-3-37-53(55-45-16-8-4-12-32(45)2)42-15-5-9-17-46(42)56-54(37)57-47-30-35(33-22-26-51-43(28-33)40-13-6-10-18-49(40)58-51)20-24-38(47)39-25-21-36(31-48(39)57)34-23-27-52-44(29-34)41-14-7-11-19-50(41)59-52/h5-11,13-31,37-38,47H,3-4,12H2,1-2H3/b55-53+. The molecule has 0 bridgehead atoms. The number of thiophene rings is 2. The van der Waals surface area contributed by atoms with Gasteiger partial charge in [0.25, 0.3) is 0 Å². The fourth-order valence-corrected chi connectivity index (χ4v) is 12.1. The van der Waals surface area contributed by atoms with Crippen molar-refractivity contribution in [3.8, 4) is 11.1 Å². The van der Waals surface area contributed by atoms with Crippen molar-refractivity contribution in [1.29, 1.82) is 0 Å². The van der Waals surface area contributed by atoms with Crippen molar-refractivity contribution >= 4 is 91.5 Å². The molecule has 5 heteroatoms. The van der Waals surface area contributed by atoms with E-state index in [-0.39, 0.29) is 17.9 Å². The number of hydrogen-bond donors (Lipinski definition) is 0. The Kier molecular flexibility index (Phi) is 8.11. The summed E-state index contributed by atoms with van der Waals surface area (Å²) in [5.41, 5.74) is 13.2. The predicted octanol–water partition coefficient (Wildman–Crippen LogP) is 15.2. The van der Waals surface area contributed by atoms with Crippen molar-refractivity contribution in [1.82, 2.24) is 0 Å². The summed E-state index contributed by atoms with van der Waals surface area (Å²) in [5, 5.41) is 5.30. The molecule has 4 heterocycles. The summed E-state index contributed by atoms with van der Waals surface area (Å²) in [7, 11) is 0. The molecule has 2 aromatic heterocycles. The van der Waals surface area contributed by atoms with Gasteiger partial charge in [0.15, 0.2) is 0 Å². The molecule has 3 nitrogen and oxygen atoms in total. The van der Waals surface area contributed by atoms with Gasteiger partial charge in [0, 0.05) is 57.5 Å². The number of allylic oxidation sites excluding steroid dienone is 5. The van der Waals surface area contributed by atoms with E-state index in [2.05, 4.69) is 177 Å². The highest BCUT2D eigenvalue weighted by Crippen LogP contribution is 2.50. The van der Waals surface area contributed by atoms with Gasteiger partial charge >= 0.3 is 0 Å². The predicted molar refractivity (Wildman–Crippen MR) is 255 cm³/mol. The lowest BCUT2D eigenvalue weighted by molar-refractivity contribution is 0.730. The topological polar surface area (TPSA) is 28.0 Å². The van der Waals surface area contributed by atoms with Crippen molar-refractivity contribution in [2.45, 2.75) is 45.1 Å². The van der Waals surface area contributed by atoms with Crippen LogP contribution in [0.2, 0.25) is 0 Å². The number of rotatable bonds is 4. The smallest absolute Gasteiger partial charge is 0.119 e. The minimum atomic E-state index is 0.0144. The van der Waals surface area contributed by atoms with Gasteiger partial charge in [-0.2, -0.15) is 0 Å². The minimum absolute atomic E-state index is 0.0144. The number of fused-ring (bicyclic) bond motifs is 10. The van der Waals surface area contributed by atoms with Crippen LogP contribution < -0.4 is 4.90 Å². The zero-order valence-corrected chi connectivity index (χ0v) is 34.7. The number of para-hydroxylation sites is 1. The Morgan fingerprint density at radius 1 is 0.695 bits per heavy atom. The first-order valence-electron chi connectivity index (χ1n) is 20.9. The van der Waals surface area contributed by atoms with Gasteiger partial charge in [-0.25, -0.2) is 4.99 Å². The molecule has 0 N–H and O–H groups in total. The van der Waals surface area contributed by atoms with Crippen LogP contribution in [0.3, 0.4) is 0 Å². The van der Waals surface area contributed by atoms with Crippen molar-refractivity contribution in [3.05, 3.63) is 186 Å². The highest BCUT2D eigenvalue weighted by atomic mass is 32.1. The summed E-state index contributed by atoms with van der Waals surface area (Å²) in [6.07, 6.45) is 14.8. The van der Waals surface area contributed by atoms with Crippen molar-refractivity contribution in [2.75, 3.05) is 4.90 Å². The van der Waals surface area contributed by atoms with E-state index in [1.807, 2.05) is 22.7 Å². The lowest BCUT2D eigenvalue weighted by atomic mass is 9.85. The molecular formula is C54H41N3S2. The van der Waals surface area contributed by atoms with Gasteiger partial charge in [0.1, 0.15) is 5.84 Å². The molecule has 2 aliphatic heterocycles. The van der Waals surface area contributed by atoms with Gasteiger partial charge in [-0.3, -0.25) is 4.99 Å². The Bertz CT molecular complexity index is 3250. The molecule has 6 aromatic carbocycles. The zero-order chi connectivity index (χ0) is 39.2. The van der Waals surface area contributed by atoms with E-state index < -0.39 is 0 Å². The van der Waals surface area contributed by atoms with E-state index in [0.29, 0.717) is 0 Å². The number of hydrogen-bond acceptors (Lipinski definition) is 5. The second-order valence-corrected chi connectivity index (χ2v) is 18.5. The van der Waals surface area contributed by atoms with Crippen LogP contribution in [0, 0.1) is 5.92 Å². The quantitative estimate of drug-likeness (QED) is 0.174. The Balaban J connectivity index is 1.04. The lowest BCUT2D eigenvalue weighted by Gasteiger charge is -2.37. The number of aliphatic imine (C=N–C) groups is 2. The molecule has 3 atom stereocenters. The van der Waals surface area contributed by atoms with Crippen LogP contribution in [0.25, 0.3) is 57.0 Å². The molecule has 8 aromatic rings. The minimum Gasteiger partial charge on any atom is -0.321 e. The van der Waals surface area contributed by atoms with Crippen LogP contribution in [0.15, 0.2) is 179 Å². The Morgan fingerprint density at radius 3 is 2.12 bits per heavy atom. The molecule has 2 aliphatic carbocycles. The van der Waals surface area contributed by atoms with Gasteiger partial charge in [-0.05, 0) is 114 Å². The SMILES string of the molecule is CCC1C(N2c3cc(-c4ccc5sc6ccccc6c5c4)ccc3C3C=CC(c4ccc5sc6ccccc6c5c4)=CC32)=Nc2ccccc2/C1=N/C1=C(C)CCC=C1. The van der Waals surface area contributed by atoms with Crippen LogP contribution in [0.1, 0.15) is 55.7 Å². The highest BCUT2D eigenvalue weighted by Gasteiger charge is 2.44. The summed E-state index contributed by atoms with van der Waals surface area (Å²) in [6, 6.07) is 47.4. The van der Waals surface area contributed by atoms with Crippen LogP contribution >= 0.6 is 22.7 Å². The second-order valence-electron chi connectivity index (χ2n) is 16.3. The van der Waals surface area contributed by atoms with Gasteiger partial charge in [-0.1, -0.05) is 110 Å². The molecule has 3 unspecified atom stereocenters. The van der Waals surface area contributed by atoms with E-state index in [9.17, 15) is 0 Å². The maximum atomic E-state index is 5.65. The number of anilines is 1. The van der Waals surface area contributed by atoms with Crippen molar-refractivity contribution in [2.24, 2.45) is 15.9 Å². The van der Waals surface area contributed by atoms with E-state index in [4.69, 9.17) is 9.98 Å². The normalized spacial score (nSPS) is 20.5. The molecule has 0 saturated heterocycles. The summed E-state index contributed by atoms with van der Waals surface area (Å²) < 4.78 is 5.32. The Labute approximate surface area is 352 Å². The molecule has 0 saturated carbocycles. The zero-order valence-electron chi connectivity index (χ0n) is 33.0. The molecule has 0 radical (unpaired) electrons. The fraction of sp³-hybridized carbons (Fsp3) is 0.148. The van der Waals surface area contributed by atoms with E-state index in [0.717, 1.165) is 47.8 Å². The molecule has 284 valence electrons. The average molecular weight is 796 g/mol. The van der Waals surface area contributed by atoms with Crippen LogP contribution in [-0.4, -0.2) is 17.6 Å². The number of nitrogens with zero attached hydrogens (tertiary/aromatic N) is 3. The first-order valence-corrected chi connectivity index (χ1v) is 22.5. The summed E-state index contributed by atoms with van der Waals surface area (Å²) in [5.74, 6) is 1.28. The average Bonchev–Trinajstić information content (AvgIpc) is 3.95. The third-order valence-electron chi connectivity index (χ3n) is 12.9. The molecule has 12 rings (SSSR count). The molecule has 0 amide bonds. The largest absolute Gasteiger partial charge is 0.321 e. The molecule has 59 heavy (non-hydrogen) atoms. The molecule has 0 fully saturated rings. The first-order chi connectivity index (χ1) is 29.1. The third kappa shape index (κ3) is 5.59. The van der Waals surface area contributed by atoms with Crippen molar-refractivity contribution < 1.29 is 0 Å². The van der Waals surface area contributed by atoms with Gasteiger partial charge < -0.3 is 4.90 Å². The maximum Gasteiger partial charge on any atom is 0.119 e. The molecule has 0 spiro atoms. The highest BCUT2D eigenvalue weighted by molar-refractivity contribution is 7.26. The van der Waals surface area contributed by atoms with E-state index in [1.165, 1.54) is 79.4 Å². The fourth-order valence-electron chi connectivity index (χ4n) is 9.90. The summed E-state index contributed by atoms with van der Waals surface area (Å²) in [6.45, 7) is 4.54. The second kappa shape index (κ2) is 13.7. The van der Waals surface area contributed by atoms with Crippen LogP contribution in [0.5, 0.6) is 0 Å². The van der Waals surface area contributed by atoms with E-state index in [1.54, 1.807) is 0 Å². The third-order valence-corrected chi connectivity index (χ3v) is 15.2. The Hall–Kier alpha value is -6.14. The summed E-state index contributed by atoms with van der Waals surface area (Å²) in [4.78, 5) is 13.8. The van der Waals surface area contributed by atoms with Crippen LogP contribution in [0.4, 0.5) is 11.4 Å². The summed E-state index contributed by atoms with van der Waals surface area (Å²) >= 11 is 3.75. The monoisotopic (exact) mass is 795 g/mol. The molecular weight excluding hydrogens is 755 g/mol. The first kappa shape index (κ1) is 34.9.